The predicted octanol–water partition coefficient (Wildman–Crippen LogP) is 3.91. The van der Waals surface area contributed by atoms with Gasteiger partial charge in [0.15, 0.2) is 0 Å². The summed E-state index contributed by atoms with van der Waals surface area (Å²) in [4.78, 5) is 16.1. The van der Waals surface area contributed by atoms with E-state index in [-0.39, 0.29) is 12.0 Å². The van der Waals surface area contributed by atoms with Crippen LogP contribution in [0.2, 0.25) is 0 Å². The Balaban J connectivity index is 1.66. The molecule has 0 radical (unpaired) electrons. The van der Waals surface area contributed by atoms with E-state index < -0.39 is 0 Å². The summed E-state index contributed by atoms with van der Waals surface area (Å²) < 4.78 is 16.5. The van der Waals surface area contributed by atoms with E-state index in [1.807, 2.05) is 34.5 Å². The van der Waals surface area contributed by atoms with Crippen molar-refractivity contribution in [3.05, 3.63) is 46.2 Å². The van der Waals surface area contributed by atoms with Crippen molar-refractivity contribution in [3.63, 3.8) is 0 Å². The van der Waals surface area contributed by atoms with Gasteiger partial charge in [0.25, 0.3) is 0 Å². The highest BCUT2D eigenvalue weighted by Gasteiger charge is 2.23. The highest BCUT2D eigenvalue weighted by atomic mass is 32.1. The molecule has 0 spiro atoms. The number of thiophene rings is 1. The summed E-state index contributed by atoms with van der Waals surface area (Å²) in [5, 5.41) is 2.05. The standard InChI is InChI=1S/C21H27NO4S/c1-24-17-8-9-20(25-2)16(13-17)7-10-21(23)22(14-18-5-3-11-26-18)15-19-6-4-12-27-19/h4,6,8-9,12-13,18H,3,5,7,10-11,14-15H2,1-2H3. The molecule has 1 unspecified atom stereocenters. The minimum Gasteiger partial charge on any atom is -0.497 e. The van der Waals surface area contributed by atoms with Crippen LogP contribution in [0.5, 0.6) is 11.5 Å². The fourth-order valence-electron chi connectivity index (χ4n) is 3.36. The number of ether oxygens (including phenoxy) is 3. The smallest absolute Gasteiger partial charge is 0.223 e. The first-order valence-corrected chi connectivity index (χ1v) is 10.2. The highest BCUT2D eigenvalue weighted by molar-refractivity contribution is 7.09. The molecule has 1 aliphatic heterocycles. The van der Waals surface area contributed by atoms with Gasteiger partial charge in [-0.2, -0.15) is 0 Å². The lowest BCUT2D eigenvalue weighted by Crippen LogP contribution is -2.36. The lowest BCUT2D eigenvalue weighted by molar-refractivity contribution is -0.133. The zero-order chi connectivity index (χ0) is 19.1. The molecule has 0 aliphatic carbocycles. The molecule has 1 amide bonds. The fourth-order valence-corrected chi connectivity index (χ4v) is 4.08. The van der Waals surface area contributed by atoms with Crippen LogP contribution in [-0.4, -0.2) is 44.3 Å². The largest absolute Gasteiger partial charge is 0.497 e. The summed E-state index contributed by atoms with van der Waals surface area (Å²) in [7, 11) is 3.29. The van der Waals surface area contributed by atoms with Gasteiger partial charge in [-0.1, -0.05) is 6.07 Å². The van der Waals surface area contributed by atoms with Crippen LogP contribution in [0, 0.1) is 0 Å². The summed E-state index contributed by atoms with van der Waals surface area (Å²) in [6.07, 6.45) is 3.30. The van der Waals surface area contributed by atoms with Gasteiger partial charge in [-0.3, -0.25) is 4.79 Å². The molecule has 0 saturated carbocycles. The van der Waals surface area contributed by atoms with Gasteiger partial charge >= 0.3 is 0 Å². The fraction of sp³-hybridized carbons (Fsp3) is 0.476. The number of benzene rings is 1. The number of hydrogen-bond donors (Lipinski definition) is 0. The van der Waals surface area contributed by atoms with Crippen molar-refractivity contribution in [1.82, 2.24) is 4.90 Å². The molecule has 1 fully saturated rings. The molecule has 3 rings (SSSR count). The van der Waals surface area contributed by atoms with Crippen LogP contribution < -0.4 is 9.47 Å². The van der Waals surface area contributed by atoms with Crippen molar-refractivity contribution >= 4 is 17.2 Å². The van der Waals surface area contributed by atoms with Gasteiger partial charge < -0.3 is 19.1 Å². The molecule has 1 aromatic carbocycles. The van der Waals surface area contributed by atoms with E-state index in [2.05, 4.69) is 6.07 Å². The SMILES string of the molecule is COc1ccc(OC)c(CCC(=O)N(Cc2cccs2)CC2CCCO2)c1. The summed E-state index contributed by atoms with van der Waals surface area (Å²) in [6.45, 7) is 2.10. The second-order valence-electron chi connectivity index (χ2n) is 6.67. The third kappa shape index (κ3) is 5.47. The second-order valence-corrected chi connectivity index (χ2v) is 7.70. The summed E-state index contributed by atoms with van der Waals surface area (Å²) in [5.74, 6) is 1.70. The topological polar surface area (TPSA) is 48.0 Å². The van der Waals surface area contributed by atoms with Crippen molar-refractivity contribution in [2.45, 2.75) is 38.3 Å². The van der Waals surface area contributed by atoms with Crippen LogP contribution in [0.3, 0.4) is 0 Å². The average Bonchev–Trinajstić information content (AvgIpc) is 3.39. The normalized spacial score (nSPS) is 16.3. The number of aryl methyl sites for hydroxylation is 1. The molecule has 2 aromatic rings. The maximum atomic E-state index is 13.0. The van der Waals surface area contributed by atoms with Gasteiger partial charge in [-0.25, -0.2) is 0 Å². The van der Waals surface area contributed by atoms with E-state index in [0.29, 0.717) is 25.9 Å². The Bertz CT molecular complexity index is 726. The molecule has 5 nitrogen and oxygen atoms in total. The van der Waals surface area contributed by atoms with Crippen LogP contribution in [0.1, 0.15) is 29.7 Å². The summed E-state index contributed by atoms with van der Waals surface area (Å²) in [6, 6.07) is 9.79. The number of rotatable bonds is 9. The third-order valence-electron chi connectivity index (χ3n) is 4.82. The average molecular weight is 390 g/mol. The monoisotopic (exact) mass is 389 g/mol. The van der Waals surface area contributed by atoms with Gasteiger partial charge in [0.1, 0.15) is 11.5 Å². The Kier molecular flexibility index (Phi) is 7.12. The number of methoxy groups -OCH3 is 2. The van der Waals surface area contributed by atoms with E-state index in [1.54, 1.807) is 25.6 Å². The summed E-state index contributed by atoms with van der Waals surface area (Å²) >= 11 is 1.68. The number of hydrogen-bond acceptors (Lipinski definition) is 5. The second kappa shape index (κ2) is 9.76. The predicted molar refractivity (Wildman–Crippen MR) is 107 cm³/mol. The molecular weight excluding hydrogens is 362 g/mol. The maximum Gasteiger partial charge on any atom is 0.223 e. The molecule has 0 bridgehead atoms. The lowest BCUT2D eigenvalue weighted by Gasteiger charge is -2.25. The van der Waals surface area contributed by atoms with Crippen molar-refractivity contribution in [2.75, 3.05) is 27.4 Å². The molecule has 2 heterocycles. The third-order valence-corrected chi connectivity index (χ3v) is 5.68. The molecular formula is C21H27NO4S. The van der Waals surface area contributed by atoms with Gasteiger partial charge in [-0.15, -0.1) is 11.3 Å². The first-order valence-electron chi connectivity index (χ1n) is 9.32. The number of nitrogens with zero attached hydrogens (tertiary/aromatic N) is 1. The van der Waals surface area contributed by atoms with E-state index >= 15 is 0 Å². The van der Waals surface area contributed by atoms with E-state index in [9.17, 15) is 4.79 Å². The minimum absolute atomic E-state index is 0.142. The quantitative estimate of drug-likeness (QED) is 0.652. The first-order chi connectivity index (χ1) is 13.2. The molecule has 146 valence electrons. The van der Waals surface area contributed by atoms with Crippen molar-refractivity contribution in [3.8, 4) is 11.5 Å². The molecule has 1 atom stereocenters. The molecule has 1 aliphatic rings. The van der Waals surface area contributed by atoms with Crippen LogP contribution in [0.15, 0.2) is 35.7 Å². The Morgan fingerprint density at radius 3 is 2.85 bits per heavy atom. The van der Waals surface area contributed by atoms with Crippen molar-refractivity contribution < 1.29 is 19.0 Å². The van der Waals surface area contributed by atoms with Gasteiger partial charge in [0.2, 0.25) is 5.91 Å². The molecule has 0 N–H and O–H groups in total. The Hall–Kier alpha value is -2.05. The van der Waals surface area contributed by atoms with Crippen LogP contribution in [-0.2, 0) is 22.5 Å². The zero-order valence-corrected chi connectivity index (χ0v) is 16.8. The first kappa shape index (κ1) is 19.7. The van der Waals surface area contributed by atoms with Gasteiger partial charge in [0.05, 0.1) is 26.9 Å². The molecule has 27 heavy (non-hydrogen) atoms. The maximum absolute atomic E-state index is 13.0. The van der Waals surface area contributed by atoms with Gasteiger partial charge in [0, 0.05) is 24.4 Å². The van der Waals surface area contributed by atoms with Crippen molar-refractivity contribution in [2.24, 2.45) is 0 Å². The minimum atomic E-state index is 0.142. The molecule has 6 heteroatoms. The zero-order valence-electron chi connectivity index (χ0n) is 16.0. The lowest BCUT2D eigenvalue weighted by atomic mass is 10.1. The van der Waals surface area contributed by atoms with E-state index in [1.165, 1.54) is 4.88 Å². The van der Waals surface area contributed by atoms with E-state index in [0.717, 1.165) is 36.5 Å². The molecule has 1 aromatic heterocycles. The number of amides is 1. The van der Waals surface area contributed by atoms with Crippen LogP contribution in [0.4, 0.5) is 0 Å². The van der Waals surface area contributed by atoms with E-state index in [4.69, 9.17) is 14.2 Å². The van der Waals surface area contributed by atoms with Crippen molar-refractivity contribution in [1.29, 1.82) is 0 Å². The highest BCUT2D eigenvalue weighted by Crippen LogP contribution is 2.26. The van der Waals surface area contributed by atoms with Crippen LogP contribution >= 0.6 is 11.3 Å². The Labute approximate surface area is 164 Å². The van der Waals surface area contributed by atoms with Crippen LogP contribution in [0.25, 0.3) is 0 Å². The number of carbonyl (C=O) groups is 1. The molecule has 1 saturated heterocycles. The van der Waals surface area contributed by atoms with Gasteiger partial charge in [-0.05, 0) is 54.5 Å². The number of carbonyl (C=O) groups excluding carboxylic acids is 1. The Morgan fingerprint density at radius 1 is 1.30 bits per heavy atom. The Morgan fingerprint density at radius 2 is 2.19 bits per heavy atom. The summed E-state index contributed by atoms with van der Waals surface area (Å²) in [5.41, 5.74) is 0.985.